The fourth-order valence-corrected chi connectivity index (χ4v) is 5.07. The summed E-state index contributed by atoms with van der Waals surface area (Å²) >= 11 is 1.38. The summed E-state index contributed by atoms with van der Waals surface area (Å²) in [4.78, 5) is 37.6. The third-order valence-corrected chi connectivity index (χ3v) is 6.36. The molecule has 0 saturated carbocycles. The van der Waals surface area contributed by atoms with E-state index in [0.717, 1.165) is 5.56 Å². The molecule has 1 aromatic carbocycles. The number of hydrogen-bond acceptors (Lipinski definition) is 5. The molecule has 0 aromatic heterocycles. The Balaban J connectivity index is 0.00000225. The third kappa shape index (κ3) is 3.35. The van der Waals surface area contributed by atoms with Crippen LogP contribution >= 0.6 is 11.8 Å². The van der Waals surface area contributed by atoms with Crippen LogP contribution < -0.4 is 40.0 Å². The molecule has 2 heterocycles. The zero-order valence-electron chi connectivity index (χ0n) is 14.7. The molecule has 3 atom stereocenters. The number of β-lactam (4-membered cyclic amide) rings is 1. The second-order valence-electron chi connectivity index (χ2n) is 6.92. The molecule has 2 fully saturated rings. The predicted octanol–water partition coefficient (Wildman–Crippen LogP) is -3.08. The van der Waals surface area contributed by atoms with Gasteiger partial charge in [-0.3, -0.25) is 9.59 Å². The summed E-state index contributed by atoms with van der Waals surface area (Å²) in [7, 11) is 0. The van der Waals surface area contributed by atoms with Crippen LogP contribution in [0.3, 0.4) is 0 Å². The number of benzene rings is 1. The molecule has 8 heteroatoms. The van der Waals surface area contributed by atoms with E-state index in [1.54, 1.807) is 20.8 Å². The van der Waals surface area contributed by atoms with Crippen LogP contribution in [0, 0.1) is 0 Å². The van der Waals surface area contributed by atoms with E-state index < -0.39 is 27.7 Å². The number of amides is 2. The average molecular weight is 370 g/mol. The zero-order valence-corrected chi connectivity index (χ0v) is 17.6. The SMILES string of the molecule is CC1(C)S[C@H]2N(C(=O)[C@@]2(C)NC(=O)Cc2ccccc2)[C@H]1C(=O)[O-].[Na+]. The third-order valence-electron chi connectivity index (χ3n) is 4.61. The molecule has 3 rings (SSSR count). The molecular weight excluding hydrogens is 351 g/mol. The number of carboxylic acid groups (broad SMARTS) is 1. The molecule has 2 amide bonds. The minimum atomic E-state index is -1.26. The second-order valence-corrected chi connectivity index (χ2v) is 8.65. The fourth-order valence-electron chi connectivity index (χ4n) is 3.43. The van der Waals surface area contributed by atoms with Crippen molar-refractivity contribution in [1.82, 2.24) is 10.2 Å². The Labute approximate surface area is 173 Å². The molecular formula is C17H19N2NaO4S. The molecule has 1 N–H and O–H groups in total. The number of carbonyl (C=O) groups is 3. The molecule has 0 radical (unpaired) electrons. The maximum Gasteiger partial charge on any atom is 1.00 e. The molecule has 2 aliphatic rings. The fraction of sp³-hybridized carbons (Fsp3) is 0.471. The van der Waals surface area contributed by atoms with Crippen molar-refractivity contribution < 1.29 is 49.0 Å². The number of nitrogens with zero attached hydrogens (tertiary/aromatic N) is 1. The summed E-state index contributed by atoms with van der Waals surface area (Å²) in [6.45, 7) is 5.20. The Hall–Kier alpha value is -1.02. The van der Waals surface area contributed by atoms with Gasteiger partial charge in [0, 0.05) is 4.75 Å². The first-order valence-corrected chi connectivity index (χ1v) is 8.61. The van der Waals surface area contributed by atoms with Crippen molar-refractivity contribution >= 4 is 29.5 Å². The van der Waals surface area contributed by atoms with Gasteiger partial charge in [-0.2, -0.15) is 0 Å². The van der Waals surface area contributed by atoms with Crippen molar-refractivity contribution in [2.45, 2.75) is 48.9 Å². The maximum absolute atomic E-state index is 12.6. The van der Waals surface area contributed by atoms with Gasteiger partial charge >= 0.3 is 29.6 Å². The van der Waals surface area contributed by atoms with Crippen molar-refractivity contribution in [1.29, 1.82) is 0 Å². The summed E-state index contributed by atoms with van der Waals surface area (Å²) in [5, 5.41) is 13.8. The van der Waals surface area contributed by atoms with Gasteiger partial charge in [0.05, 0.1) is 18.4 Å². The molecule has 0 unspecified atom stereocenters. The standard InChI is InChI=1S/C17H20N2O4S.Na/c1-16(2)12(13(21)22)19-14(23)17(3,15(19)24-16)18-11(20)9-10-7-5-4-6-8-10;/h4-8,12,15H,9H2,1-3H3,(H,18,20)(H,21,22);/q;+1/p-1/t12-,15+,17+;/m0./s1. The van der Waals surface area contributed by atoms with Crippen molar-refractivity contribution in [2.24, 2.45) is 0 Å². The topological polar surface area (TPSA) is 89.5 Å². The van der Waals surface area contributed by atoms with Gasteiger partial charge in [0.2, 0.25) is 5.91 Å². The van der Waals surface area contributed by atoms with E-state index in [2.05, 4.69) is 5.32 Å². The summed E-state index contributed by atoms with van der Waals surface area (Å²) in [5.74, 6) is -1.89. The van der Waals surface area contributed by atoms with E-state index in [4.69, 9.17) is 0 Å². The van der Waals surface area contributed by atoms with Crippen molar-refractivity contribution in [3.05, 3.63) is 35.9 Å². The van der Waals surface area contributed by atoms with Gasteiger partial charge in [0.1, 0.15) is 10.9 Å². The Morgan fingerprint density at radius 2 is 1.84 bits per heavy atom. The van der Waals surface area contributed by atoms with Crippen molar-refractivity contribution in [3.8, 4) is 0 Å². The molecule has 25 heavy (non-hydrogen) atoms. The van der Waals surface area contributed by atoms with Crippen LogP contribution in [0.1, 0.15) is 26.3 Å². The molecule has 1 aromatic rings. The van der Waals surface area contributed by atoms with E-state index >= 15 is 0 Å². The Kier molecular flexibility index (Phi) is 5.64. The molecule has 0 spiro atoms. The van der Waals surface area contributed by atoms with Crippen LogP contribution in [0.5, 0.6) is 0 Å². The number of nitrogens with one attached hydrogen (secondary N) is 1. The maximum atomic E-state index is 12.6. The summed E-state index contributed by atoms with van der Waals surface area (Å²) in [6.07, 6.45) is 0.175. The Morgan fingerprint density at radius 1 is 1.24 bits per heavy atom. The predicted molar refractivity (Wildman–Crippen MR) is 87.8 cm³/mol. The van der Waals surface area contributed by atoms with Gasteiger partial charge in [-0.15, -0.1) is 11.8 Å². The van der Waals surface area contributed by atoms with E-state index in [1.807, 2.05) is 30.3 Å². The molecule has 0 aliphatic carbocycles. The van der Waals surface area contributed by atoms with Gasteiger partial charge in [0.15, 0.2) is 0 Å². The van der Waals surface area contributed by atoms with E-state index in [-0.39, 0.29) is 47.8 Å². The first-order valence-electron chi connectivity index (χ1n) is 7.73. The van der Waals surface area contributed by atoms with Crippen molar-refractivity contribution in [3.63, 3.8) is 0 Å². The van der Waals surface area contributed by atoms with Crippen LogP contribution in [-0.2, 0) is 20.8 Å². The minimum Gasteiger partial charge on any atom is -0.548 e. The number of aliphatic carboxylic acids is 1. The number of rotatable bonds is 4. The molecule has 6 nitrogen and oxygen atoms in total. The van der Waals surface area contributed by atoms with Crippen LogP contribution in [0.25, 0.3) is 0 Å². The zero-order chi connectivity index (χ0) is 17.7. The number of carboxylic acids is 1. The summed E-state index contributed by atoms with van der Waals surface area (Å²) < 4.78 is -0.666. The van der Waals surface area contributed by atoms with Crippen LogP contribution in [0.15, 0.2) is 30.3 Å². The van der Waals surface area contributed by atoms with Gasteiger partial charge in [0.25, 0.3) is 5.91 Å². The second kappa shape index (κ2) is 6.95. The van der Waals surface area contributed by atoms with E-state index in [1.165, 1.54) is 16.7 Å². The van der Waals surface area contributed by atoms with E-state index in [9.17, 15) is 19.5 Å². The molecule has 2 aliphatic heterocycles. The largest absolute Gasteiger partial charge is 1.00 e. The average Bonchev–Trinajstić information content (AvgIpc) is 2.77. The van der Waals surface area contributed by atoms with Gasteiger partial charge in [-0.25, -0.2) is 0 Å². The number of thioether (sulfide) groups is 1. The quantitative estimate of drug-likeness (QED) is 0.449. The molecule has 0 bridgehead atoms. The monoisotopic (exact) mass is 370 g/mol. The van der Waals surface area contributed by atoms with Crippen LogP contribution in [-0.4, -0.2) is 44.4 Å². The van der Waals surface area contributed by atoms with Crippen LogP contribution in [0.4, 0.5) is 0 Å². The van der Waals surface area contributed by atoms with Gasteiger partial charge in [-0.05, 0) is 26.3 Å². The van der Waals surface area contributed by atoms with Crippen LogP contribution in [0.2, 0.25) is 0 Å². The van der Waals surface area contributed by atoms with Gasteiger partial charge < -0.3 is 20.1 Å². The normalized spacial score (nSPS) is 29.2. The van der Waals surface area contributed by atoms with Crippen molar-refractivity contribution in [2.75, 3.05) is 0 Å². The number of fused-ring (bicyclic) bond motifs is 1. The molecule has 2 saturated heterocycles. The first kappa shape index (κ1) is 20.3. The molecule has 128 valence electrons. The number of hydrogen-bond donors (Lipinski definition) is 1. The Bertz CT molecular complexity index is 712. The van der Waals surface area contributed by atoms with E-state index in [0.29, 0.717) is 0 Å². The smallest absolute Gasteiger partial charge is 0.548 e. The Morgan fingerprint density at radius 3 is 2.40 bits per heavy atom. The summed E-state index contributed by atoms with van der Waals surface area (Å²) in [5.41, 5.74) is -0.230. The minimum absolute atomic E-state index is 0. The van der Waals surface area contributed by atoms with Gasteiger partial charge in [-0.1, -0.05) is 30.3 Å². The first-order chi connectivity index (χ1) is 11.2. The number of carbonyl (C=O) groups excluding carboxylic acids is 3. The summed E-state index contributed by atoms with van der Waals surface area (Å²) in [6, 6.07) is 8.26.